The Morgan fingerprint density at radius 1 is 1.38 bits per heavy atom. The molecule has 1 aromatic heterocycles. The molecule has 0 fully saturated rings. The second-order valence-corrected chi connectivity index (χ2v) is 4.20. The van der Waals surface area contributed by atoms with Gasteiger partial charge in [-0.1, -0.05) is 6.07 Å². The molecule has 7 nitrogen and oxygen atoms in total. The molecular formula is C14H10N4O3. The van der Waals surface area contributed by atoms with Crippen molar-refractivity contribution in [3.63, 3.8) is 0 Å². The molecule has 2 aromatic rings. The van der Waals surface area contributed by atoms with Gasteiger partial charge in [0.1, 0.15) is 11.9 Å². The quantitative estimate of drug-likeness (QED) is 0.686. The van der Waals surface area contributed by atoms with E-state index >= 15 is 0 Å². The second-order valence-electron chi connectivity index (χ2n) is 4.20. The lowest BCUT2D eigenvalue weighted by atomic mass is 10.1. The summed E-state index contributed by atoms with van der Waals surface area (Å²) >= 11 is 0. The van der Waals surface area contributed by atoms with Gasteiger partial charge in [-0.05, 0) is 25.1 Å². The van der Waals surface area contributed by atoms with E-state index in [2.05, 4.69) is 10.3 Å². The molecule has 0 atom stereocenters. The number of aromatic nitrogens is 1. The first-order valence-electron chi connectivity index (χ1n) is 5.94. The molecule has 2 rings (SSSR count). The van der Waals surface area contributed by atoms with E-state index < -0.39 is 10.8 Å². The third-order valence-electron chi connectivity index (χ3n) is 2.88. The van der Waals surface area contributed by atoms with Crippen molar-refractivity contribution in [2.24, 2.45) is 0 Å². The number of pyridine rings is 1. The highest BCUT2D eigenvalue weighted by atomic mass is 16.6. The zero-order valence-electron chi connectivity index (χ0n) is 11.0. The highest BCUT2D eigenvalue weighted by Gasteiger charge is 2.18. The first kappa shape index (κ1) is 14.1. The Kier molecular flexibility index (Phi) is 3.90. The number of anilines is 1. The number of nitrogens with one attached hydrogen (secondary N) is 1. The Morgan fingerprint density at radius 2 is 2.14 bits per heavy atom. The number of rotatable bonds is 3. The van der Waals surface area contributed by atoms with Crippen molar-refractivity contribution in [3.05, 3.63) is 63.3 Å². The SMILES string of the molecule is Cc1c(C(=O)Nc2ccc(C#N)cn2)cccc1[N+](=O)[O-]. The number of hydrogen-bond acceptors (Lipinski definition) is 5. The molecule has 0 saturated heterocycles. The first-order chi connectivity index (χ1) is 10.0. The minimum absolute atomic E-state index is 0.115. The van der Waals surface area contributed by atoms with Crippen molar-refractivity contribution in [1.82, 2.24) is 4.98 Å². The van der Waals surface area contributed by atoms with Crippen molar-refractivity contribution < 1.29 is 9.72 Å². The van der Waals surface area contributed by atoms with Crippen LogP contribution in [0.2, 0.25) is 0 Å². The van der Waals surface area contributed by atoms with Crippen LogP contribution in [-0.4, -0.2) is 15.8 Å². The predicted molar refractivity (Wildman–Crippen MR) is 74.7 cm³/mol. The van der Waals surface area contributed by atoms with Crippen LogP contribution in [0.15, 0.2) is 36.5 Å². The van der Waals surface area contributed by atoms with Crippen molar-refractivity contribution >= 4 is 17.4 Å². The van der Waals surface area contributed by atoms with Gasteiger partial charge >= 0.3 is 0 Å². The monoisotopic (exact) mass is 282 g/mol. The van der Waals surface area contributed by atoms with E-state index in [1.165, 1.54) is 43.5 Å². The fourth-order valence-corrected chi connectivity index (χ4v) is 1.78. The summed E-state index contributed by atoms with van der Waals surface area (Å²) in [6.45, 7) is 1.51. The van der Waals surface area contributed by atoms with E-state index in [0.717, 1.165) is 0 Å². The molecule has 1 heterocycles. The number of hydrogen-bond donors (Lipinski definition) is 1. The number of carbonyl (C=O) groups excluding carboxylic acids is 1. The minimum Gasteiger partial charge on any atom is -0.307 e. The second kappa shape index (κ2) is 5.79. The van der Waals surface area contributed by atoms with Gasteiger partial charge in [0, 0.05) is 23.4 Å². The maximum atomic E-state index is 12.1. The summed E-state index contributed by atoms with van der Waals surface area (Å²) in [6.07, 6.45) is 1.33. The number of nitro benzene ring substituents is 1. The molecule has 0 aliphatic heterocycles. The van der Waals surface area contributed by atoms with Crippen molar-refractivity contribution in [2.75, 3.05) is 5.32 Å². The molecule has 1 N–H and O–H groups in total. The van der Waals surface area contributed by atoms with Gasteiger partial charge in [0.15, 0.2) is 0 Å². The van der Waals surface area contributed by atoms with Crippen molar-refractivity contribution in [1.29, 1.82) is 5.26 Å². The van der Waals surface area contributed by atoms with E-state index in [0.29, 0.717) is 5.56 Å². The Morgan fingerprint density at radius 3 is 2.71 bits per heavy atom. The molecule has 1 amide bonds. The molecular weight excluding hydrogens is 272 g/mol. The molecule has 0 aliphatic rings. The molecule has 0 unspecified atom stereocenters. The summed E-state index contributed by atoms with van der Waals surface area (Å²) < 4.78 is 0. The maximum Gasteiger partial charge on any atom is 0.273 e. The van der Waals surface area contributed by atoms with Crippen molar-refractivity contribution in [3.8, 4) is 6.07 Å². The number of benzene rings is 1. The summed E-state index contributed by atoms with van der Waals surface area (Å²) in [5.41, 5.74) is 0.749. The lowest BCUT2D eigenvalue weighted by Gasteiger charge is -2.07. The summed E-state index contributed by atoms with van der Waals surface area (Å²) in [5, 5.41) is 22.1. The van der Waals surface area contributed by atoms with Gasteiger partial charge in [-0.25, -0.2) is 4.98 Å². The van der Waals surface area contributed by atoms with Crippen LogP contribution in [0.1, 0.15) is 21.5 Å². The lowest BCUT2D eigenvalue weighted by molar-refractivity contribution is -0.385. The Hall–Kier alpha value is -3.27. The molecule has 7 heteroatoms. The number of carbonyl (C=O) groups is 1. The van der Waals surface area contributed by atoms with Crippen LogP contribution in [0.5, 0.6) is 0 Å². The van der Waals surface area contributed by atoms with Crippen LogP contribution in [0.3, 0.4) is 0 Å². The first-order valence-corrected chi connectivity index (χ1v) is 5.94. The van der Waals surface area contributed by atoms with Gasteiger partial charge in [-0.2, -0.15) is 5.26 Å². The summed E-state index contributed by atoms with van der Waals surface area (Å²) in [7, 11) is 0. The van der Waals surface area contributed by atoms with E-state index in [-0.39, 0.29) is 22.6 Å². The average Bonchev–Trinajstić information content (AvgIpc) is 2.47. The van der Waals surface area contributed by atoms with E-state index in [1.54, 1.807) is 0 Å². The van der Waals surface area contributed by atoms with Gasteiger partial charge in [-0.3, -0.25) is 14.9 Å². The topological polar surface area (TPSA) is 109 Å². The number of nitriles is 1. The number of amides is 1. The highest BCUT2D eigenvalue weighted by Crippen LogP contribution is 2.21. The molecule has 1 aromatic carbocycles. The number of nitrogens with zero attached hydrogens (tertiary/aromatic N) is 3. The van der Waals surface area contributed by atoms with Crippen LogP contribution in [0.4, 0.5) is 11.5 Å². The molecule has 104 valence electrons. The fraction of sp³-hybridized carbons (Fsp3) is 0.0714. The van der Waals surface area contributed by atoms with Crippen molar-refractivity contribution in [2.45, 2.75) is 6.92 Å². The molecule has 0 spiro atoms. The van der Waals surface area contributed by atoms with E-state index in [1.807, 2.05) is 6.07 Å². The zero-order valence-corrected chi connectivity index (χ0v) is 11.0. The minimum atomic E-state index is -0.536. The summed E-state index contributed by atoms with van der Waals surface area (Å²) in [6, 6.07) is 9.22. The molecule has 0 radical (unpaired) electrons. The van der Waals surface area contributed by atoms with Gasteiger partial charge in [0.2, 0.25) is 0 Å². The van der Waals surface area contributed by atoms with Crippen LogP contribution in [0.25, 0.3) is 0 Å². The summed E-state index contributed by atoms with van der Waals surface area (Å²) in [5.74, 6) is -0.224. The third-order valence-corrected chi connectivity index (χ3v) is 2.88. The average molecular weight is 282 g/mol. The number of nitro groups is 1. The predicted octanol–water partition coefficient (Wildman–Crippen LogP) is 2.42. The normalized spacial score (nSPS) is 9.71. The Labute approximate surface area is 120 Å². The van der Waals surface area contributed by atoms with Gasteiger partial charge in [0.25, 0.3) is 11.6 Å². The Bertz CT molecular complexity index is 748. The standard InChI is InChI=1S/C14H10N4O3/c1-9-11(3-2-4-12(9)18(20)21)14(19)17-13-6-5-10(7-15)8-16-13/h2-6,8H,1H3,(H,16,17,19). The van der Waals surface area contributed by atoms with Crippen LogP contribution >= 0.6 is 0 Å². The van der Waals surface area contributed by atoms with Gasteiger partial charge in [-0.15, -0.1) is 0 Å². The molecule has 21 heavy (non-hydrogen) atoms. The smallest absolute Gasteiger partial charge is 0.273 e. The summed E-state index contributed by atoms with van der Waals surface area (Å²) in [4.78, 5) is 26.4. The lowest BCUT2D eigenvalue weighted by Crippen LogP contribution is -2.15. The third kappa shape index (κ3) is 3.01. The van der Waals surface area contributed by atoms with Crippen LogP contribution in [-0.2, 0) is 0 Å². The molecule has 0 aliphatic carbocycles. The fourth-order valence-electron chi connectivity index (χ4n) is 1.78. The zero-order chi connectivity index (χ0) is 15.4. The van der Waals surface area contributed by atoms with Crippen LogP contribution in [0, 0.1) is 28.4 Å². The Balaban J connectivity index is 2.26. The highest BCUT2D eigenvalue weighted by molar-refractivity contribution is 6.05. The maximum absolute atomic E-state index is 12.1. The largest absolute Gasteiger partial charge is 0.307 e. The van der Waals surface area contributed by atoms with E-state index in [4.69, 9.17) is 5.26 Å². The van der Waals surface area contributed by atoms with Gasteiger partial charge < -0.3 is 5.32 Å². The van der Waals surface area contributed by atoms with E-state index in [9.17, 15) is 14.9 Å². The molecule has 0 saturated carbocycles. The van der Waals surface area contributed by atoms with Gasteiger partial charge in [0.05, 0.1) is 10.5 Å². The van der Waals surface area contributed by atoms with Crippen LogP contribution < -0.4 is 5.32 Å². The molecule has 0 bridgehead atoms.